The van der Waals surface area contributed by atoms with E-state index in [1.165, 1.54) is 5.56 Å². The predicted octanol–water partition coefficient (Wildman–Crippen LogP) is 2.18. The van der Waals surface area contributed by atoms with Gasteiger partial charge in [-0.05, 0) is 42.3 Å². The van der Waals surface area contributed by atoms with E-state index in [4.69, 9.17) is 5.26 Å². The Morgan fingerprint density at radius 2 is 2.54 bits per heavy atom. The van der Waals surface area contributed by atoms with Gasteiger partial charge in [0, 0.05) is 6.04 Å². The summed E-state index contributed by atoms with van der Waals surface area (Å²) in [4.78, 5) is 0. The molecule has 0 bridgehead atoms. The molecule has 0 aliphatic heterocycles. The molecule has 0 aliphatic carbocycles. The van der Waals surface area contributed by atoms with Crippen molar-refractivity contribution in [1.29, 1.82) is 5.26 Å². The zero-order valence-corrected chi connectivity index (χ0v) is 8.60. The number of rotatable bonds is 5. The third kappa shape index (κ3) is 4.07. The van der Waals surface area contributed by atoms with E-state index in [1.54, 1.807) is 11.3 Å². The molecule has 1 aromatic rings. The molecule has 0 radical (unpaired) electrons. The molecule has 0 spiro atoms. The quantitative estimate of drug-likeness (QED) is 0.780. The zero-order valence-electron chi connectivity index (χ0n) is 7.79. The number of hydrogen-bond donors (Lipinski definition) is 1. The van der Waals surface area contributed by atoms with Crippen LogP contribution in [0.15, 0.2) is 16.8 Å². The number of thiophene rings is 1. The zero-order chi connectivity index (χ0) is 9.52. The number of hydrogen-bond acceptors (Lipinski definition) is 3. The average molecular weight is 194 g/mol. The maximum Gasteiger partial charge on any atom is 0.0638 e. The van der Waals surface area contributed by atoms with Gasteiger partial charge in [0.15, 0.2) is 0 Å². The summed E-state index contributed by atoms with van der Waals surface area (Å²) in [6.45, 7) is 3.00. The minimum atomic E-state index is 0.309. The molecule has 1 rings (SSSR count). The summed E-state index contributed by atoms with van der Waals surface area (Å²) in [5.41, 5.74) is 1.38. The summed E-state index contributed by atoms with van der Waals surface area (Å²) in [5, 5.41) is 16.0. The first kappa shape index (κ1) is 10.2. The molecule has 1 heterocycles. The summed E-state index contributed by atoms with van der Waals surface area (Å²) in [7, 11) is 0. The minimum absolute atomic E-state index is 0.309. The van der Waals surface area contributed by atoms with E-state index in [2.05, 4.69) is 28.2 Å². The van der Waals surface area contributed by atoms with Crippen molar-refractivity contribution >= 4 is 11.3 Å². The molecule has 0 saturated heterocycles. The van der Waals surface area contributed by atoms with Crippen molar-refractivity contribution in [3.05, 3.63) is 22.4 Å². The van der Waals surface area contributed by atoms with Gasteiger partial charge in [-0.3, -0.25) is 0 Å². The Hall–Kier alpha value is -0.850. The van der Waals surface area contributed by atoms with Crippen molar-refractivity contribution in [2.45, 2.75) is 25.8 Å². The topological polar surface area (TPSA) is 35.8 Å². The Morgan fingerprint density at radius 3 is 3.15 bits per heavy atom. The van der Waals surface area contributed by atoms with Gasteiger partial charge in [-0.15, -0.1) is 0 Å². The molecule has 0 saturated carbocycles. The molecule has 70 valence electrons. The van der Waals surface area contributed by atoms with Crippen molar-refractivity contribution in [2.75, 3.05) is 6.54 Å². The number of nitriles is 1. The fourth-order valence-corrected chi connectivity index (χ4v) is 1.81. The van der Waals surface area contributed by atoms with Gasteiger partial charge in [0.1, 0.15) is 0 Å². The lowest BCUT2D eigenvalue weighted by atomic mass is 10.2. The first-order chi connectivity index (χ1) is 6.33. The highest BCUT2D eigenvalue weighted by atomic mass is 32.1. The van der Waals surface area contributed by atoms with Crippen LogP contribution in [0.1, 0.15) is 18.9 Å². The second kappa shape index (κ2) is 5.74. The fraction of sp³-hybridized carbons (Fsp3) is 0.500. The highest BCUT2D eigenvalue weighted by Crippen LogP contribution is 2.05. The molecular weight excluding hydrogens is 180 g/mol. The van der Waals surface area contributed by atoms with Crippen molar-refractivity contribution < 1.29 is 0 Å². The molecule has 1 N–H and O–H groups in total. The van der Waals surface area contributed by atoms with Gasteiger partial charge < -0.3 is 5.32 Å². The summed E-state index contributed by atoms with van der Waals surface area (Å²) < 4.78 is 0. The molecule has 1 unspecified atom stereocenters. The molecule has 1 aromatic heterocycles. The monoisotopic (exact) mass is 194 g/mol. The number of nitrogens with one attached hydrogen (secondary N) is 1. The third-order valence-electron chi connectivity index (χ3n) is 1.88. The normalized spacial score (nSPS) is 12.3. The molecule has 3 heteroatoms. The molecule has 0 amide bonds. The van der Waals surface area contributed by atoms with Gasteiger partial charge >= 0.3 is 0 Å². The lowest BCUT2D eigenvalue weighted by molar-refractivity contribution is 0.560. The summed E-state index contributed by atoms with van der Waals surface area (Å²) in [6, 6.07) is 4.60. The average Bonchev–Trinajstić information content (AvgIpc) is 2.57. The Labute approximate surface area is 83.2 Å². The summed E-state index contributed by atoms with van der Waals surface area (Å²) >= 11 is 1.73. The highest BCUT2D eigenvalue weighted by molar-refractivity contribution is 7.07. The molecule has 1 atom stereocenters. The minimum Gasteiger partial charge on any atom is -0.313 e. The van der Waals surface area contributed by atoms with E-state index in [-0.39, 0.29) is 0 Å². The van der Waals surface area contributed by atoms with Crippen LogP contribution in [0.3, 0.4) is 0 Å². The molecule has 0 fully saturated rings. The van der Waals surface area contributed by atoms with Gasteiger partial charge in [-0.2, -0.15) is 16.6 Å². The first-order valence-corrected chi connectivity index (χ1v) is 5.38. The molecule has 0 aliphatic rings. The maximum absolute atomic E-state index is 8.43. The molecular formula is C10H14N2S. The second-order valence-corrected chi connectivity index (χ2v) is 3.88. The smallest absolute Gasteiger partial charge is 0.0638 e. The van der Waals surface area contributed by atoms with Gasteiger partial charge in [-0.25, -0.2) is 0 Å². The van der Waals surface area contributed by atoms with Gasteiger partial charge in [-0.1, -0.05) is 0 Å². The van der Waals surface area contributed by atoms with E-state index in [0.717, 1.165) is 13.0 Å². The second-order valence-electron chi connectivity index (χ2n) is 3.10. The van der Waals surface area contributed by atoms with Crippen LogP contribution in [0.2, 0.25) is 0 Å². The molecule has 0 aromatic carbocycles. The van der Waals surface area contributed by atoms with Crippen molar-refractivity contribution in [2.24, 2.45) is 0 Å². The van der Waals surface area contributed by atoms with Crippen LogP contribution in [0.5, 0.6) is 0 Å². The van der Waals surface area contributed by atoms with Crippen molar-refractivity contribution in [3.63, 3.8) is 0 Å². The van der Waals surface area contributed by atoms with E-state index >= 15 is 0 Å². The van der Waals surface area contributed by atoms with Crippen LogP contribution in [-0.2, 0) is 6.42 Å². The van der Waals surface area contributed by atoms with Crippen LogP contribution >= 0.6 is 11.3 Å². The maximum atomic E-state index is 8.43. The SMILES string of the molecule is CC(CC#N)NCCc1ccsc1. The Morgan fingerprint density at radius 1 is 1.69 bits per heavy atom. The van der Waals surface area contributed by atoms with E-state index in [0.29, 0.717) is 12.5 Å². The lowest BCUT2D eigenvalue weighted by Gasteiger charge is -2.08. The standard InChI is InChI=1S/C10H14N2S/c1-9(2-5-11)12-6-3-10-4-7-13-8-10/h4,7-9,12H,2-3,6H2,1H3. The fourth-order valence-electron chi connectivity index (χ4n) is 1.11. The summed E-state index contributed by atoms with van der Waals surface area (Å²) in [5.74, 6) is 0. The lowest BCUT2D eigenvalue weighted by Crippen LogP contribution is -2.27. The van der Waals surface area contributed by atoms with E-state index in [1.807, 2.05) is 6.92 Å². The van der Waals surface area contributed by atoms with E-state index in [9.17, 15) is 0 Å². The van der Waals surface area contributed by atoms with Gasteiger partial charge in [0.05, 0.1) is 12.5 Å². The van der Waals surface area contributed by atoms with E-state index < -0.39 is 0 Å². The largest absolute Gasteiger partial charge is 0.313 e. The Bertz CT molecular complexity index is 261. The summed E-state index contributed by atoms with van der Waals surface area (Å²) in [6.07, 6.45) is 1.64. The highest BCUT2D eigenvalue weighted by Gasteiger charge is 1.99. The molecule has 2 nitrogen and oxygen atoms in total. The molecule has 13 heavy (non-hydrogen) atoms. The Balaban J connectivity index is 2.11. The van der Waals surface area contributed by atoms with Crippen molar-refractivity contribution in [3.8, 4) is 6.07 Å². The number of nitrogens with zero attached hydrogens (tertiary/aromatic N) is 1. The van der Waals surface area contributed by atoms with Gasteiger partial charge in [0.2, 0.25) is 0 Å². The first-order valence-electron chi connectivity index (χ1n) is 4.44. The Kier molecular flexibility index (Phi) is 4.52. The van der Waals surface area contributed by atoms with Crippen LogP contribution in [0.4, 0.5) is 0 Å². The predicted molar refractivity (Wildman–Crippen MR) is 55.7 cm³/mol. The van der Waals surface area contributed by atoms with Crippen LogP contribution < -0.4 is 5.32 Å². The van der Waals surface area contributed by atoms with Crippen molar-refractivity contribution in [1.82, 2.24) is 5.32 Å². The van der Waals surface area contributed by atoms with Gasteiger partial charge in [0.25, 0.3) is 0 Å². The van der Waals surface area contributed by atoms with Crippen LogP contribution in [0.25, 0.3) is 0 Å². The van der Waals surface area contributed by atoms with Crippen LogP contribution in [-0.4, -0.2) is 12.6 Å². The van der Waals surface area contributed by atoms with Crippen LogP contribution in [0, 0.1) is 11.3 Å². The third-order valence-corrected chi connectivity index (χ3v) is 2.62.